The Morgan fingerprint density at radius 3 is 2.35 bits per heavy atom. The number of nitrogens with one attached hydrogen (secondary N) is 1. The van der Waals surface area contributed by atoms with Crippen molar-refractivity contribution in [2.75, 3.05) is 26.2 Å². The Morgan fingerprint density at radius 1 is 1.35 bits per heavy atom. The van der Waals surface area contributed by atoms with Gasteiger partial charge in [-0.2, -0.15) is 0 Å². The molecule has 1 saturated heterocycles. The topological polar surface area (TPSA) is 41.6 Å². The molecule has 0 aromatic carbocycles. The van der Waals surface area contributed by atoms with Crippen LogP contribution >= 0.6 is 0 Å². The van der Waals surface area contributed by atoms with Crippen molar-refractivity contribution < 1.29 is 9.53 Å². The number of rotatable bonds is 3. The lowest BCUT2D eigenvalue weighted by Crippen LogP contribution is -2.58. The Balaban J connectivity index is 2.54. The van der Waals surface area contributed by atoms with E-state index in [-0.39, 0.29) is 23.7 Å². The third kappa shape index (κ3) is 4.76. The second-order valence-electron chi connectivity index (χ2n) is 5.75. The van der Waals surface area contributed by atoms with Gasteiger partial charge < -0.3 is 10.1 Å². The summed E-state index contributed by atoms with van der Waals surface area (Å²) < 4.78 is 5.95. The van der Waals surface area contributed by atoms with Crippen LogP contribution in [0.15, 0.2) is 0 Å². The standard InChI is InChI=1S/C13H22N2O2/c1-6-7-14-11(16)8-15-9-12(2,3)17-13(4,5)10-15/h1H,7-10H2,2-5H3,(H,14,16). The number of nitrogens with zero attached hydrogens (tertiary/aromatic N) is 1. The number of ether oxygens (including phenoxy) is 1. The molecular weight excluding hydrogens is 216 g/mol. The highest BCUT2D eigenvalue weighted by atomic mass is 16.5. The molecule has 1 amide bonds. The summed E-state index contributed by atoms with van der Waals surface area (Å²) in [5.74, 6) is 2.36. The minimum atomic E-state index is -0.228. The van der Waals surface area contributed by atoms with Gasteiger partial charge in [0.2, 0.25) is 5.91 Å². The Hall–Kier alpha value is -1.05. The molecule has 0 bridgehead atoms. The summed E-state index contributed by atoms with van der Waals surface area (Å²) in [7, 11) is 0. The van der Waals surface area contributed by atoms with Gasteiger partial charge in [0, 0.05) is 13.1 Å². The minimum Gasteiger partial charge on any atom is -0.367 e. The van der Waals surface area contributed by atoms with Crippen LogP contribution in [0.2, 0.25) is 0 Å². The lowest BCUT2D eigenvalue weighted by molar-refractivity contribution is -0.181. The van der Waals surface area contributed by atoms with Crippen LogP contribution in [0.25, 0.3) is 0 Å². The van der Waals surface area contributed by atoms with Gasteiger partial charge in [-0.05, 0) is 27.7 Å². The zero-order chi connectivity index (χ0) is 13.1. The van der Waals surface area contributed by atoms with Crippen molar-refractivity contribution in [3.8, 4) is 12.3 Å². The maximum Gasteiger partial charge on any atom is 0.234 e. The van der Waals surface area contributed by atoms with Crippen molar-refractivity contribution in [2.45, 2.75) is 38.9 Å². The van der Waals surface area contributed by atoms with E-state index in [2.05, 4.69) is 16.1 Å². The second-order valence-corrected chi connectivity index (χ2v) is 5.75. The average molecular weight is 238 g/mol. The highest BCUT2D eigenvalue weighted by Crippen LogP contribution is 2.27. The maximum absolute atomic E-state index is 11.6. The normalized spacial score (nSPS) is 22.8. The SMILES string of the molecule is C#CCNC(=O)CN1CC(C)(C)OC(C)(C)C1. The van der Waals surface area contributed by atoms with Crippen molar-refractivity contribution in [3.63, 3.8) is 0 Å². The molecule has 1 N–H and O–H groups in total. The van der Waals surface area contributed by atoms with E-state index in [0.29, 0.717) is 6.54 Å². The van der Waals surface area contributed by atoms with Crippen molar-refractivity contribution in [1.29, 1.82) is 0 Å². The predicted molar refractivity (Wildman–Crippen MR) is 67.5 cm³/mol. The molecular formula is C13H22N2O2. The molecule has 0 aliphatic carbocycles. The fourth-order valence-corrected chi connectivity index (χ4v) is 2.47. The Bertz CT molecular complexity index is 313. The summed E-state index contributed by atoms with van der Waals surface area (Å²) in [5.41, 5.74) is -0.456. The molecule has 0 spiro atoms. The van der Waals surface area contributed by atoms with E-state index >= 15 is 0 Å². The molecule has 1 aliphatic heterocycles. The molecule has 0 unspecified atom stereocenters. The van der Waals surface area contributed by atoms with Crippen molar-refractivity contribution in [1.82, 2.24) is 10.2 Å². The summed E-state index contributed by atoms with van der Waals surface area (Å²) in [6.07, 6.45) is 5.10. The van der Waals surface area contributed by atoms with Gasteiger partial charge >= 0.3 is 0 Å². The maximum atomic E-state index is 11.6. The summed E-state index contributed by atoms with van der Waals surface area (Å²) in [6, 6.07) is 0. The van der Waals surface area contributed by atoms with E-state index in [9.17, 15) is 4.79 Å². The zero-order valence-corrected chi connectivity index (χ0v) is 11.2. The van der Waals surface area contributed by atoms with E-state index in [4.69, 9.17) is 11.2 Å². The van der Waals surface area contributed by atoms with E-state index in [0.717, 1.165) is 13.1 Å². The van der Waals surface area contributed by atoms with Crippen molar-refractivity contribution in [2.24, 2.45) is 0 Å². The van der Waals surface area contributed by atoms with Gasteiger partial charge in [-0.3, -0.25) is 9.69 Å². The van der Waals surface area contributed by atoms with Crippen LogP contribution in [0.3, 0.4) is 0 Å². The molecule has 17 heavy (non-hydrogen) atoms. The fourth-order valence-electron chi connectivity index (χ4n) is 2.47. The monoisotopic (exact) mass is 238 g/mol. The first-order chi connectivity index (χ1) is 7.74. The van der Waals surface area contributed by atoms with Gasteiger partial charge in [-0.25, -0.2) is 0 Å². The largest absolute Gasteiger partial charge is 0.367 e. The fraction of sp³-hybridized carbons (Fsp3) is 0.769. The van der Waals surface area contributed by atoms with Crippen LogP contribution in [0.5, 0.6) is 0 Å². The van der Waals surface area contributed by atoms with E-state index in [1.165, 1.54) is 0 Å². The zero-order valence-electron chi connectivity index (χ0n) is 11.2. The van der Waals surface area contributed by atoms with Gasteiger partial charge in [-0.1, -0.05) is 5.92 Å². The number of hydrogen-bond donors (Lipinski definition) is 1. The van der Waals surface area contributed by atoms with E-state index in [1.807, 2.05) is 27.7 Å². The van der Waals surface area contributed by atoms with Gasteiger partial charge in [0.25, 0.3) is 0 Å². The number of carbonyl (C=O) groups excluding carboxylic acids is 1. The molecule has 1 aliphatic rings. The lowest BCUT2D eigenvalue weighted by atomic mass is 9.99. The summed E-state index contributed by atoms with van der Waals surface area (Å²) in [6.45, 7) is 10.3. The van der Waals surface area contributed by atoms with E-state index < -0.39 is 0 Å². The number of terminal acetylenes is 1. The molecule has 0 saturated carbocycles. The molecule has 0 aromatic rings. The van der Waals surface area contributed by atoms with Crippen molar-refractivity contribution in [3.05, 3.63) is 0 Å². The third-order valence-corrected chi connectivity index (χ3v) is 2.52. The summed E-state index contributed by atoms with van der Waals surface area (Å²) >= 11 is 0. The number of amides is 1. The van der Waals surface area contributed by atoms with Gasteiger partial charge in [-0.15, -0.1) is 6.42 Å². The molecule has 1 fully saturated rings. The molecule has 1 heterocycles. The minimum absolute atomic E-state index is 0.0311. The highest BCUT2D eigenvalue weighted by Gasteiger charge is 2.38. The molecule has 4 nitrogen and oxygen atoms in total. The molecule has 0 atom stereocenters. The average Bonchev–Trinajstić information content (AvgIpc) is 2.09. The molecule has 0 aromatic heterocycles. The van der Waals surface area contributed by atoms with Crippen LogP contribution in [-0.2, 0) is 9.53 Å². The third-order valence-electron chi connectivity index (χ3n) is 2.52. The van der Waals surface area contributed by atoms with Crippen LogP contribution < -0.4 is 5.32 Å². The lowest BCUT2D eigenvalue weighted by Gasteiger charge is -2.46. The molecule has 0 radical (unpaired) electrons. The number of hydrogen-bond acceptors (Lipinski definition) is 3. The Morgan fingerprint density at radius 2 is 1.88 bits per heavy atom. The van der Waals surface area contributed by atoms with E-state index in [1.54, 1.807) is 0 Å². The second kappa shape index (κ2) is 5.07. The van der Waals surface area contributed by atoms with Crippen LogP contribution in [0, 0.1) is 12.3 Å². The van der Waals surface area contributed by atoms with Crippen LogP contribution in [-0.4, -0.2) is 48.2 Å². The van der Waals surface area contributed by atoms with Crippen LogP contribution in [0.4, 0.5) is 0 Å². The molecule has 96 valence electrons. The first-order valence-corrected chi connectivity index (χ1v) is 5.87. The van der Waals surface area contributed by atoms with Gasteiger partial charge in [0.15, 0.2) is 0 Å². The van der Waals surface area contributed by atoms with Gasteiger partial charge in [0.1, 0.15) is 0 Å². The Kier molecular flexibility index (Phi) is 4.18. The first-order valence-electron chi connectivity index (χ1n) is 5.87. The van der Waals surface area contributed by atoms with Crippen LogP contribution in [0.1, 0.15) is 27.7 Å². The Labute approximate surface area is 104 Å². The number of carbonyl (C=O) groups is 1. The molecule has 1 rings (SSSR count). The smallest absolute Gasteiger partial charge is 0.234 e. The first kappa shape index (κ1) is 14.0. The quantitative estimate of drug-likeness (QED) is 0.733. The summed E-state index contributed by atoms with van der Waals surface area (Å²) in [4.78, 5) is 13.7. The van der Waals surface area contributed by atoms with Crippen molar-refractivity contribution >= 4 is 5.91 Å². The highest BCUT2D eigenvalue weighted by molar-refractivity contribution is 5.78. The molecule has 4 heteroatoms. The number of morpholine rings is 1. The summed E-state index contributed by atoms with van der Waals surface area (Å²) in [5, 5.41) is 2.68. The van der Waals surface area contributed by atoms with Gasteiger partial charge in [0.05, 0.1) is 24.3 Å². The predicted octanol–water partition coefficient (Wildman–Crippen LogP) is 0.625.